The molecule has 2 rings (SSSR count). The van der Waals surface area contributed by atoms with E-state index in [1.807, 2.05) is 6.92 Å². The molecule has 2 saturated heterocycles. The van der Waals surface area contributed by atoms with Crippen molar-refractivity contribution < 1.29 is 13.2 Å². The highest BCUT2D eigenvalue weighted by molar-refractivity contribution is 4.94. The van der Waals surface area contributed by atoms with Gasteiger partial charge < -0.3 is 5.73 Å². The Morgan fingerprint density at radius 3 is 2.67 bits per heavy atom. The van der Waals surface area contributed by atoms with Gasteiger partial charge in [-0.2, -0.15) is 13.2 Å². The largest absolute Gasteiger partial charge is 0.404 e. The second-order valence-corrected chi connectivity index (χ2v) is 5.47. The lowest BCUT2D eigenvalue weighted by Gasteiger charge is -2.46. The molecule has 0 saturated carbocycles. The molecular formula is C12H22F3N3. The van der Waals surface area contributed by atoms with Gasteiger partial charge in [0.2, 0.25) is 0 Å². The molecule has 0 aromatic heterocycles. The van der Waals surface area contributed by atoms with E-state index in [0.717, 1.165) is 25.9 Å². The number of piperazine rings is 1. The highest BCUT2D eigenvalue weighted by Gasteiger charge is 2.47. The summed E-state index contributed by atoms with van der Waals surface area (Å²) in [6.45, 7) is 4.30. The smallest absolute Gasteiger partial charge is 0.330 e. The molecule has 0 amide bonds. The van der Waals surface area contributed by atoms with Gasteiger partial charge in [-0.05, 0) is 39.3 Å². The topological polar surface area (TPSA) is 32.5 Å². The van der Waals surface area contributed by atoms with Gasteiger partial charge in [0.25, 0.3) is 0 Å². The van der Waals surface area contributed by atoms with Crippen LogP contribution in [0.5, 0.6) is 0 Å². The molecule has 0 aromatic rings. The predicted molar refractivity (Wildman–Crippen MR) is 64.3 cm³/mol. The van der Waals surface area contributed by atoms with E-state index in [-0.39, 0.29) is 19.0 Å². The molecule has 2 aliphatic heterocycles. The zero-order chi connectivity index (χ0) is 13.3. The molecule has 3 unspecified atom stereocenters. The van der Waals surface area contributed by atoms with Crippen molar-refractivity contribution >= 4 is 0 Å². The van der Waals surface area contributed by atoms with E-state index in [9.17, 15) is 13.2 Å². The third kappa shape index (κ3) is 2.81. The fraction of sp³-hybridized carbons (Fsp3) is 1.00. The molecule has 0 radical (unpaired) electrons. The maximum absolute atomic E-state index is 13.1. The number of rotatable bonds is 3. The minimum Gasteiger partial charge on any atom is -0.330 e. The number of fused-ring (bicyclic) bond motifs is 1. The van der Waals surface area contributed by atoms with E-state index in [4.69, 9.17) is 5.73 Å². The van der Waals surface area contributed by atoms with Gasteiger partial charge in [0.15, 0.2) is 0 Å². The Labute approximate surface area is 106 Å². The summed E-state index contributed by atoms with van der Waals surface area (Å²) in [5.41, 5.74) is 5.35. The van der Waals surface area contributed by atoms with Crippen LogP contribution in [0.15, 0.2) is 0 Å². The Balaban J connectivity index is 2.09. The third-order valence-electron chi connectivity index (χ3n) is 4.20. The highest BCUT2D eigenvalue weighted by atomic mass is 19.4. The van der Waals surface area contributed by atoms with E-state index in [2.05, 4.69) is 4.90 Å². The van der Waals surface area contributed by atoms with Crippen LogP contribution in [0, 0.1) is 0 Å². The van der Waals surface area contributed by atoms with Crippen molar-refractivity contribution in [3.05, 3.63) is 0 Å². The van der Waals surface area contributed by atoms with E-state index >= 15 is 0 Å². The van der Waals surface area contributed by atoms with Crippen LogP contribution in [0.2, 0.25) is 0 Å². The highest BCUT2D eigenvalue weighted by Crippen LogP contribution is 2.33. The number of hydrogen-bond acceptors (Lipinski definition) is 3. The van der Waals surface area contributed by atoms with Crippen LogP contribution >= 0.6 is 0 Å². The number of halogens is 3. The lowest BCUT2D eigenvalue weighted by atomic mass is 10.0. The molecule has 18 heavy (non-hydrogen) atoms. The summed E-state index contributed by atoms with van der Waals surface area (Å²) in [4.78, 5) is 3.95. The number of hydrogen-bond donors (Lipinski definition) is 1. The van der Waals surface area contributed by atoms with Crippen LogP contribution in [0.1, 0.15) is 26.2 Å². The van der Waals surface area contributed by atoms with Crippen molar-refractivity contribution in [2.24, 2.45) is 5.73 Å². The first-order chi connectivity index (χ1) is 8.43. The molecule has 0 spiro atoms. The first kappa shape index (κ1) is 14.1. The molecule has 0 aromatic carbocycles. The van der Waals surface area contributed by atoms with Crippen molar-refractivity contribution in [2.75, 3.05) is 26.2 Å². The van der Waals surface area contributed by atoms with Crippen LogP contribution in [0.4, 0.5) is 13.2 Å². The average Bonchev–Trinajstić information content (AvgIpc) is 2.70. The first-order valence-corrected chi connectivity index (χ1v) is 6.70. The zero-order valence-electron chi connectivity index (χ0n) is 10.8. The Kier molecular flexibility index (Phi) is 4.18. The second-order valence-electron chi connectivity index (χ2n) is 5.47. The summed E-state index contributed by atoms with van der Waals surface area (Å²) in [6, 6.07) is -1.11. The number of alkyl halides is 3. The van der Waals surface area contributed by atoms with E-state index in [0.29, 0.717) is 12.6 Å². The maximum Gasteiger partial charge on any atom is 0.404 e. The molecule has 0 aliphatic carbocycles. The molecule has 2 N–H and O–H groups in total. The molecule has 3 atom stereocenters. The van der Waals surface area contributed by atoms with Crippen LogP contribution < -0.4 is 5.73 Å². The van der Waals surface area contributed by atoms with E-state index in [1.165, 1.54) is 0 Å². The van der Waals surface area contributed by atoms with Gasteiger partial charge in [-0.15, -0.1) is 0 Å². The minimum atomic E-state index is -4.17. The summed E-state index contributed by atoms with van der Waals surface area (Å²) in [5, 5.41) is 0. The summed E-state index contributed by atoms with van der Waals surface area (Å²) < 4.78 is 39.3. The van der Waals surface area contributed by atoms with Crippen molar-refractivity contribution in [2.45, 2.75) is 50.5 Å². The Morgan fingerprint density at radius 2 is 2.06 bits per heavy atom. The molecule has 0 bridgehead atoms. The van der Waals surface area contributed by atoms with Gasteiger partial charge in [0.05, 0.1) is 0 Å². The molecule has 2 heterocycles. The Morgan fingerprint density at radius 1 is 1.33 bits per heavy atom. The zero-order valence-corrected chi connectivity index (χ0v) is 10.8. The van der Waals surface area contributed by atoms with Crippen molar-refractivity contribution in [1.29, 1.82) is 0 Å². The molecule has 2 aliphatic rings. The fourth-order valence-electron chi connectivity index (χ4n) is 3.32. The van der Waals surface area contributed by atoms with Crippen molar-refractivity contribution in [3.8, 4) is 0 Å². The second kappa shape index (κ2) is 5.35. The quantitative estimate of drug-likeness (QED) is 0.838. The normalized spacial score (nSPS) is 32.5. The van der Waals surface area contributed by atoms with E-state index in [1.54, 1.807) is 4.90 Å². The molecule has 6 heteroatoms. The molecule has 2 fully saturated rings. The van der Waals surface area contributed by atoms with Crippen LogP contribution in [-0.4, -0.2) is 60.3 Å². The Bertz CT molecular complexity index is 282. The molecular weight excluding hydrogens is 243 g/mol. The summed E-state index contributed by atoms with van der Waals surface area (Å²) in [5.74, 6) is 0. The monoisotopic (exact) mass is 265 g/mol. The molecule has 3 nitrogen and oxygen atoms in total. The lowest BCUT2D eigenvalue weighted by molar-refractivity contribution is -0.197. The average molecular weight is 265 g/mol. The van der Waals surface area contributed by atoms with Crippen molar-refractivity contribution in [1.82, 2.24) is 9.80 Å². The van der Waals surface area contributed by atoms with Gasteiger partial charge >= 0.3 is 6.18 Å². The predicted octanol–water partition coefficient (Wildman–Crippen LogP) is 1.43. The minimum absolute atomic E-state index is 0.000556. The first-order valence-electron chi connectivity index (χ1n) is 6.70. The molecule has 106 valence electrons. The third-order valence-corrected chi connectivity index (χ3v) is 4.20. The van der Waals surface area contributed by atoms with Gasteiger partial charge in [0.1, 0.15) is 6.04 Å². The van der Waals surface area contributed by atoms with Gasteiger partial charge in [-0.3, -0.25) is 9.80 Å². The fourth-order valence-corrected chi connectivity index (χ4v) is 3.32. The summed E-state index contributed by atoms with van der Waals surface area (Å²) >= 11 is 0. The Hall–Kier alpha value is -0.330. The summed E-state index contributed by atoms with van der Waals surface area (Å²) in [6.07, 6.45) is -2.04. The standard InChI is InChI=1S/C12H22F3N3/c1-9-7-17-6-2-3-10(17)8-18(9)11(4-5-16)12(13,14)15/h9-11H,2-8,16H2,1H3. The summed E-state index contributed by atoms with van der Waals surface area (Å²) in [7, 11) is 0. The SMILES string of the molecule is CC1CN2CCCC2CN1C(CCN)C(F)(F)F. The van der Waals surface area contributed by atoms with Crippen LogP contribution in [0.3, 0.4) is 0 Å². The van der Waals surface area contributed by atoms with E-state index < -0.39 is 12.2 Å². The van der Waals surface area contributed by atoms with Gasteiger partial charge in [0, 0.05) is 25.2 Å². The van der Waals surface area contributed by atoms with Crippen molar-refractivity contribution in [3.63, 3.8) is 0 Å². The van der Waals surface area contributed by atoms with Crippen LogP contribution in [0.25, 0.3) is 0 Å². The van der Waals surface area contributed by atoms with Gasteiger partial charge in [-0.25, -0.2) is 0 Å². The van der Waals surface area contributed by atoms with Crippen LogP contribution in [-0.2, 0) is 0 Å². The lowest BCUT2D eigenvalue weighted by Crippen LogP contribution is -2.61. The number of nitrogens with zero attached hydrogens (tertiary/aromatic N) is 2. The van der Waals surface area contributed by atoms with Gasteiger partial charge in [-0.1, -0.05) is 0 Å². The number of nitrogens with two attached hydrogens (primary N) is 1. The maximum atomic E-state index is 13.1.